The van der Waals surface area contributed by atoms with Crippen molar-refractivity contribution < 1.29 is 23.5 Å². The number of methoxy groups -OCH3 is 2. The van der Waals surface area contributed by atoms with Gasteiger partial charge >= 0.3 is 0 Å². The molecule has 8 nitrogen and oxygen atoms in total. The molecule has 2 aromatic carbocycles. The summed E-state index contributed by atoms with van der Waals surface area (Å²) in [5, 5.41) is 8.42. The van der Waals surface area contributed by atoms with E-state index in [4.69, 9.17) is 13.9 Å². The van der Waals surface area contributed by atoms with Crippen molar-refractivity contribution in [2.45, 2.75) is 5.22 Å². The van der Waals surface area contributed by atoms with Crippen LogP contribution in [0.5, 0.6) is 11.5 Å². The molecule has 1 aromatic heterocycles. The Morgan fingerprint density at radius 2 is 1.59 bits per heavy atom. The molecule has 0 radical (unpaired) electrons. The van der Waals surface area contributed by atoms with Crippen molar-refractivity contribution in [2.75, 3.05) is 26.5 Å². The van der Waals surface area contributed by atoms with Gasteiger partial charge in [-0.15, -0.1) is 10.2 Å². The number of carbonyl (C=O) groups is 2. The molecule has 0 N–H and O–H groups in total. The maximum absolute atomic E-state index is 12.4. The predicted octanol–water partition coefficient (Wildman–Crippen LogP) is 3.14. The van der Waals surface area contributed by atoms with Crippen molar-refractivity contribution in [3.63, 3.8) is 0 Å². The minimum absolute atomic E-state index is 0.252. The number of carbonyl (C=O) groups excluding carboxylic acids is 2. The molecule has 0 saturated heterocycles. The van der Waals surface area contributed by atoms with Crippen LogP contribution in [0, 0.1) is 0 Å². The molecule has 0 saturated carbocycles. The van der Waals surface area contributed by atoms with Crippen molar-refractivity contribution in [2.24, 2.45) is 0 Å². The highest BCUT2D eigenvalue weighted by Gasteiger charge is 2.34. The maximum Gasteiger partial charge on any atom is 0.276 e. The Morgan fingerprint density at radius 3 is 2.17 bits per heavy atom. The van der Waals surface area contributed by atoms with Gasteiger partial charge in [0, 0.05) is 23.9 Å². The van der Waals surface area contributed by atoms with E-state index in [0.29, 0.717) is 45.1 Å². The Morgan fingerprint density at radius 1 is 0.966 bits per heavy atom. The van der Waals surface area contributed by atoms with Crippen LogP contribution in [-0.2, 0) is 0 Å². The molecule has 0 spiro atoms. The Balaban J connectivity index is 1.41. The van der Waals surface area contributed by atoms with E-state index in [1.807, 2.05) is 0 Å². The summed E-state index contributed by atoms with van der Waals surface area (Å²) in [6, 6.07) is 12.1. The fraction of sp³-hybridized carbons (Fsp3) is 0.200. The Labute approximate surface area is 170 Å². The number of ether oxygens (including phenoxy) is 2. The number of amides is 2. The number of benzene rings is 2. The zero-order valence-electron chi connectivity index (χ0n) is 15.7. The second-order valence-electron chi connectivity index (χ2n) is 6.13. The van der Waals surface area contributed by atoms with Gasteiger partial charge in [-0.2, -0.15) is 0 Å². The summed E-state index contributed by atoms with van der Waals surface area (Å²) in [5.41, 5.74) is 1.55. The van der Waals surface area contributed by atoms with Gasteiger partial charge in [-0.05, 0) is 24.3 Å². The number of fused-ring (bicyclic) bond motifs is 1. The van der Waals surface area contributed by atoms with Crippen LogP contribution in [0.4, 0.5) is 0 Å². The van der Waals surface area contributed by atoms with E-state index < -0.39 is 0 Å². The van der Waals surface area contributed by atoms with Crippen molar-refractivity contribution in [1.82, 2.24) is 15.1 Å². The molecule has 148 valence electrons. The lowest BCUT2D eigenvalue weighted by molar-refractivity contribution is 0.0664. The first kappa shape index (κ1) is 19.0. The van der Waals surface area contributed by atoms with E-state index in [0.717, 1.165) is 0 Å². The van der Waals surface area contributed by atoms with Gasteiger partial charge in [-0.25, -0.2) is 0 Å². The van der Waals surface area contributed by atoms with Gasteiger partial charge in [0.25, 0.3) is 17.0 Å². The molecule has 4 rings (SSSR count). The highest BCUT2D eigenvalue weighted by molar-refractivity contribution is 7.99. The summed E-state index contributed by atoms with van der Waals surface area (Å²) in [5.74, 6) is 1.43. The summed E-state index contributed by atoms with van der Waals surface area (Å²) < 4.78 is 16.2. The lowest BCUT2D eigenvalue weighted by Gasteiger charge is -2.12. The van der Waals surface area contributed by atoms with E-state index in [9.17, 15) is 9.59 Å². The van der Waals surface area contributed by atoms with Crippen molar-refractivity contribution in [3.05, 3.63) is 53.6 Å². The Bertz CT molecular complexity index is 1020. The minimum Gasteiger partial charge on any atom is -0.497 e. The van der Waals surface area contributed by atoms with Crippen molar-refractivity contribution >= 4 is 23.6 Å². The average molecular weight is 411 g/mol. The lowest BCUT2D eigenvalue weighted by atomic mass is 10.1. The first-order valence-electron chi connectivity index (χ1n) is 8.75. The lowest BCUT2D eigenvalue weighted by Crippen LogP contribution is -2.31. The van der Waals surface area contributed by atoms with Crippen LogP contribution in [0.2, 0.25) is 0 Å². The number of imide groups is 1. The smallest absolute Gasteiger partial charge is 0.276 e. The minimum atomic E-state index is -0.277. The Hall–Kier alpha value is -3.33. The number of nitrogens with zero attached hydrogens (tertiary/aromatic N) is 3. The fourth-order valence-corrected chi connectivity index (χ4v) is 3.67. The van der Waals surface area contributed by atoms with Crippen LogP contribution in [0.15, 0.2) is 52.1 Å². The largest absolute Gasteiger partial charge is 0.497 e. The van der Waals surface area contributed by atoms with Crippen molar-refractivity contribution in [1.29, 1.82) is 0 Å². The van der Waals surface area contributed by atoms with E-state index in [-0.39, 0.29) is 18.4 Å². The zero-order chi connectivity index (χ0) is 20.4. The van der Waals surface area contributed by atoms with Crippen LogP contribution in [0.3, 0.4) is 0 Å². The molecule has 0 aliphatic carbocycles. The van der Waals surface area contributed by atoms with Crippen LogP contribution < -0.4 is 9.47 Å². The first-order chi connectivity index (χ1) is 14.1. The van der Waals surface area contributed by atoms with Gasteiger partial charge in [0.1, 0.15) is 11.5 Å². The molecule has 1 aliphatic heterocycles. The molecule has 0 unspecified atom stereocenters. The van der Waals surface area contributed by atoms with E-state index in [1.165, 1.54) is 16.7 Å². The Kier molecular flexibility index (Phi) is 5.22. The summed E-state index contributed by atoms with van der Waals surface area (Å²) in [6.07, 6.45) is 0. The SMILES string of the molecule is COc1cc(OC)cc(-c2nnc(SCCN3C(=O)c4ccccc4C3=O)o2)c1. The molecule has 0 bridgehead atoms. The second kappa shape index (κ2) is 7.96. The predicted molar refractivity (Wildman–Crippen MR) is 105 cm³/mol. The van der Waals surface area contributed by atoms with Gasteiger partial charge < -0.3 is 13.9 Å². The van der Waals surface area contributed by atoms with E-state index in [2.05, 4.69) is 10.2 Å². The molecular formula is C20H17N3O5S. The van der Waals surface area contributed by atoms with Crippen LogP contribution in [0.25, 0.3) is 11.5 Å². The molecular weight excluding hydrogens is 394 g/mol. The maximum atomic E-state index is 12.4. The molecule has 1 aliphatic rings. The monoisotopic (exact) mass is 411 g/mol. The number of hydrogen-bond acceptors (Lipinski definition) is 8. The molecule has 2 amide bonds. The highest BCUT2D eigenvalue weighted by atomic mass is 32.2. The number of hydrogen-bond donors (Lipinski definition) is 0. The van der Waals surface area contributed by atoms with Gasteiger partial charge in [0.05, 0.1) is 25.3 Å². The normalized spacial score (nSPS) is 13.0. The first-order valence-corrected chi connectivity index (χ1v) is 9.74. The molecule has 3 aromatic rings. The summed E-state index contributed by atoms with van der Waals surface area (Å²) in [6.45, 7) is 0.252. The van der Waals surface area contributed by atoms with Crippen LogP contribution in [0.1, 0.15) is 20.7 Å². The van der Waals surface area contributed by atoms with Gasteiger partial charge in [-0.3, -0.25) is 14.5 Å². The molecule has 0 atom stereocenters. The average Bonchev–Trinajstić information content (AvgIpc) is 3.32. The van der Waals surface area contributed by atoms with Gasteiger partial charge in [0.2, 0.25) is 5.89 Å². The third kappa shape index (κ3) is 3.68. The number of aromatic nitrogens is 2. The number of rotatable bonds is 7. The van der Waals surface area contributed by atoms with Gasteiger partial charge in [-0.1, -0.05) is 23.9 Å². The van der Waals surface area contributed by atoms with Crippen molar-refractivity contribution in [3.8, 4) is 23.0 Å². The fourth-order valence-electron chi connectivity index (χ4n) is 2.98. The van der Waals surface area contributed by atoms with E-state index >= 15 is 0 Å². The number of thioether (sulfide) groups is 1. The summed E-state index contributed by atoms with van der Waals surface area (Å²) in [7, 11) is 3.12. The highest BCUT2D eigenvalue weighted by Crippen LogP contribution is 2.31. The topological polar surface area (TPSA) is 94.8 Å². The quantitative estimate of drug-likeness (QED) is 0.432. The summed E-state index contributed by atoms with van der Waals surface area (Å²) in [4.78, 5) is 26.0. The van der Waals surface area contributed by atoms with Gasteiger partial charge in [0.15, 0.2) is 0 Å². The standard InChI is InChI=1S/C20H17N3O5S/c1-26-13-9-12(10-14(11-13)27-2)17-21-22-20(28-17)29-8-7-23-18(24)15-5-3-4-6-16(15)19(23)25/h3-6,9-11H,7-8H2,1-2H3. The third-order valence-corrected chi connectivity index (χ3v) is 5.22. The third-order valence-electron chi connectivity index (χ3n) is 4.42. The molecule has 2 heterocycles. The second-order valence-corrected chi connectivity index (χ2v) is 7.18. The van der Waals surface area contributed by atoms with E-state index in [1.54, 1.807) is 56.7 Å². The zero-order valence-corrected chi connectivity index (χ0v) is 16.6. The van der Waals surface area contributed by atoms with Crippen LogP contribution in [-0.4, -0.2) is 53.4 Å². The molecule has 29 heavy (non-hydrogen) atoms. The van der Waals surface area contributed by atoms with Crippen LogP contribution >= 0.6 is 11.8 Å². The molecule has 0 fully saturated rings. The summed E-state index contributed by atoms with van der Waals surface area (Å²) >= 11 is 1.28. The molecule has 9 heteroatoms.